The molecule has 0 bridgehead atoms. The zero-order chi connectivity index (χ0) is 19.1. The lowest BCUT2D eigenvalue weighted by Crippen LogP contribution is -2.54. The molecule has 1 aromatic carbocycles. The number of hydrogen-bond donors (Lipinski definition) is 1. The van der Waals surface area contributed by atoms with Crippen molar-refractivity contribution >= 4 is 23.3 Å². The highest BCUT2D eigenvalue weighted by Crippen LogP contribution is 2.46. The first kappa shape index (κ1) is 18.3. The smallest absolute Gasteiger partial charge is 0.322 e. The molecule has 142 valence electrons. The van der Waals surface area contributed by atoms with Gasteiger partial charge < -0.3 is 5.32 Å². The molecule has 2 amide bonds. The number of anilines is 1. The summed E-state index contributed by atoms with van der Waals surface area (Å²) in [7, 11) is 4.31. The van der Waals surface area contributed by atoms with Crippen LogP contribution in [0.4, 0.5) is 10.5 Å². The van der Waals surface area contributed by atoms with Crippen LogP contribution in [0.3, 0.4) is 0 Å². The summed E-state index contributed by atoms with van der Waals surface area (Å²) >= 11 is 5.88. The van der Waals surface area contributed by atoms with E-state index in [4.69, 9.17) is 11.6 Å². The van der Waals surface area contributed by atoms with Gasteiger partial charge in [-0.3, -0.25) is 9.80 Å². The Bertz CT molecular complexity index is 814. The molecule has 2 heterocycles. The minimum absolute atomic E-state index is 0.0203. The van der Waals surface area contributed by atoms with Crippen molar-refractivity contribution in [3.05, 3.63) is 59.4 Å². The number of halogens is 1. The van der Waals surface area contributed by atoms with Crippen molar-refractivity contribution in [3.8, 4) is 0 Å². The quantitative estimate of drug-likeness (QED) is 0.812. The normalized spacial score (nSPS) is 28.0. The van der Waals surface area contributed by atoms with Crippen molar-refractivity contribution in [1.29, 1.82) is 0 Å². The van der Waals surface area contributed by atoms with Crippen LogP contribution in [0.15, 0.2) is 48.7 Å². The third-order valence-corrected chi connectivity index (χ3v) is 6.53. The maximum Gasteiger partial charge on any atom is 0.322 e. The lowest BCUT2D eigenvalue weighted by Gasteiger charge is -2.48. The maximum absolute atomic E-state index is 12.6. The van der Waals surface area contributed by atoms with Crippen LogP contribution in [0.2, 0.25) is 5.15 Å². The largest absolute Gasteiger partial charge is 0.330 e. The standard InChI is InChI=1S/C21H25ClN4O/c1-25(2)21(16-6-4-3-5-7-16)12-10-20(11-13-21)15-26(19(27)24-20)17-8-9-18(22)23-14-17/h3-9,14H,10-13,15H2,1-2H3,(H,24,27). The monoisotopic (exact) mass is 384 g/mol. The molecule has 2 fully saturated rings. The Hall–Kier alpha value is -2.11. The predicted molar refractivity (Wildman–Crippen MR) is 108 cm³/mol. The molecule has 6 heteroatoms. The van der Waals surface area contributed by atoms with Crippen molar-refractivity contribution in [1.82, 2.24) is 15.2 Å². The molecule has 2 aliphatic rings. The van der Waals surface area contributed by atoms with Gasteiger partial charge in [0.15, 0.2) is 0 Å². The van der Waals surface area contributed by atoms with E-state index in [1.807, 2.05) is 6.07 Å². The average Bonchev–Trinajstić information content (AvgIpc) is 3.00. The van der Waals surface area contributed by atoms with E-state index in [9.17, 15) is 4.79 Å². The number of rotatable bonds is 3. The zero-order valence-corrected chi connectivity index (χ0v) is 16.5. The van der Waals surface area contributed by atoms with Crippen LogP contribution >= 0.6 is 11.6 Å². The van der Waals surface area contributed by atoms with E-state index < -0.39 is 0 Å². The van der Waals surface area contributed by atoms with Crippen molar-refractivity contribution in [2.45, 2.75) is 36.8 Å². The summed E-state index contributed by atoms with van der Waals surface area (Å²) in [5.41, 5.74) is 1.99. The van der Waals surface area contributed by atoms with Crippen LogP contribution in [0.25, 0.3) is 0 Å². The predicted octanol–water partition coefficient (Wildman–Crippen LogP) is 4.03. The summed E-state index contributed by atoms with van der Waals surface area (Å²) in [6.45, 7) is 0.674. The van der Waals surface area contributed by atoms with Crippen molar-refractivity contribution in [2.75, 3.05) is 25.5 Å². The number of carbonyl (C=O) groups is 1. The summed E-state index contributed by atoms with van der Waals surface area (Å²) in [6.07, 6.45) is 5.58. The summed E-state index contributed by atoms with van der Waals surface area (Å²) < 4.78 is 0. The molecular weight excluding hydrogens is 360 g/mol. The van der Waals surface area contributed by atoms with E-state index in [1.165, 1.54) is 5.56 Å². The first-order valence-electron chi connectivity index (χ1n) is 9.38. The van der Waals surface area contributed by atoms with Crippen molar-refractivity contribution in [3.63, 3.8) is 0 Å². The SMILES string of the molecule is CN(C)C1(c2ccccc2)CCC2(CC1)CN(c1ccc(Cl)nc1)C(=O)N2. The Kier molecular flexibility index (Phi) is 4.60. The zero-order valence-electron chi connectivity index (χ0n) is 15.8. The Labute approximate surface area is 165 Å². The number of pyridine rings is 1. The first-order chi connectivity index (χ1) is 12.9. The highest BCUT2D eigenvalue weighted by molar-refractivity contribution is 6.29. The number of nitrogens with zero attached hydrogens (tertiary/aromatic N) is 3. The third-order valence-electron chi connectivity index (χ3n) is 6.30. The molecule has 2 aromatic rings. The summed E-state index contributed by atoms with van der Waals surface area (Å²) in [5, 5.41) is 3.70. The van der Waals surface area contributed by atoms with Gasteiger partial charge in [-0.15, -0.1) is 0 Å². The van der Waals surface area contributed by atoms with Gasteiger partial charge in [0, 0.05) is 5.54 Å². The van der Waals surface area contributed by atoms with Crippen molar-refractivity contribution in [2.24, 2.45) is 0 Å². The molecule has 1 saturated heterocycles. The molecule has 1 saturated carbocycles. The summed E-state index contributed by atoms with van der Waals surface area (Å²) in [4.78, 5) is 20.9. The second-order valence-corrected chi connectivity index (χ2v) is 8.32. The fraction of sp³-hybridized carbons (Fsp3) is 0.429. The van der Waals surface area contributed by atoms with Crippen LogP contribution in [-0.2, 0) is 5.54 Å². The van der Waals surface area contributed by atoms with E-state index in [1.54, 1.807) is 17.2 Å². The number of benzene rings is 1. The van der Waals surface area contributed by atoms with E-state index in [0.29, 0.717) is 11.7 Å². The van der Waals surface area contributed by atoms with Crippen LogP contribution in [0.5, 0.6) is 0 Å². The molecule has 4 rings (SSSR count). The van der Waals surface area contributed by atoms with Gasteiger partial charge in [0.1, 0.15) is 5.15 Å². The van der Waals surface area contributed by atoms with Crippen LogP contribution in [0, 0.1) is 0 Å². The molecular formula is C21H25ClN4O. The molecule has 1 aromatic heterocycles. The van der Waals surface area contributed by atoms with Gasteiger partial charge in [-0.1, -0.05) is 41.9 Å². The van der Waals surface area contributed by atoms with E-state index in [2.05, 4.69) is 59.6 Å². The highest BCUT2D eigenvalue weighted by atomic mass is 35.5. The van der Waals surface area contributed by atoms with E-state index in [-0.39, 0.29) is 17.1 Å². The molecule has 1 aliphatic carbocycles. The number of amides is 2. The second kappa shape index (κ2) is 6.80. The molecule has 0 unspecified atom stereocenters. The Morgan fingerprint density at radius 3 is 2.37 bits per heavy atom. The molecule has 1 aliphatic heterocycles. The van der Waals surface area contributed by atoms with Crippen LogP contribution in [0.1, 0.15) is 31.2 Å². The van der Waals surface area contributed by atoms with Gasteiger partial charge in [-0.2, -0.15) is 0 Å². The van der Waals surface area contributed by atoms with Crippen LogP contribution < -0.4 is 10.2 Å². The fourth-order valence-corrected chi connectivity index (χ4v) is 4.72. The highest BCUT2D eigenvalue weighted by Gasteiger charge is 2.50. The number of urea groups is 1. The molecule has 27 heavy (non-hydrogen) atoms. The van der Waals surface area contributed by atoms with Gasteiger partial charge in [0.25, 0.3) is 0 Å². The minimum Gasteiger partial charge on any atom is -0.330 e. The Morgan fingerprint density at radius 2 is 1.78 bits per heavy atom. The Morgan fingerprint density at radius 1 is 1.07 bits per heavy atom. The number of nitrogens with one attached hydrogen (secondary N) is 1. The molecule has 5 nitrogen and oxygen atoms in total. The van der Waals surface area contributed by atoms with Crippen molar-refractivity contribution < 1.29 is 4.79 Å². The van der Waals surface area contributed by atoms with Crippen LogP contribution in [-0.4, -0.2) is 42.1 Å². The van der Waals surface area contributed by atoms with Gasteiger partial charge in [0.2, 0.25) is 0 Å². The van der Waals surface area contributed by atoms with Gasteiger partial charge in [-0.05, 0) is 57.5 Å². The number of aromatic nitrogens is 1. The lowest BCUT2D eigenvalue weighted by atomic mass is 9.69. The average molecular weight is 385 g/mol. The Balaban J connectivity index is 1.54. The summed E-state index contributed by atoms with van der Waals surface area (Å²) in [5.74, 6) is 0. The number of hydrogen-bond acceptors (Lipinski definition) is 3. The minimum atomic E-state index is -0.176. The lowest BCUT2D eigenvalue weighted by molar-refractivity contribution is 0.0658. The van der Waals surface area contributed by atoms with E-state index >= 15 is 0 Å². The number of carbonyl (C=O) groups excluding carboxylic acids is 1. The fourth-order valence-electron chi connectivity index (χ4n) is 4.61. The third kappa shape index (κ3) is 3.19. The first-order valence-corrected chi connectivity index (χ1v) is 9.76. The van der Waals surface area contributed by atoms with Gasteiger partial charge in [0.05, 0.1) is 24.0 Å². The summed E-state index contributed by atoms with van der Waals surface area (Å²) in [6, 6.07) is 14.2. The molecule has 1 spiro atoms. The van der Waals surface area contributed by atoms with E-state index in [0.717, 1.165) is 31.4 Å². The van der Waals surface area contributed by atoms with Gasteiger partial charge >= 0.3 is 6.03 Å². The topological polar surface area (TPSA) is 48.5 Å². The molecule has 0 radical (unpaired) electrons. The second-order valence-electron chi connectivity index (χ2n) is 7.93. The maximum atomic E-state index is 12.6. The van der Waals surface area contributed by atoms with Gasteiger partial charge in [-0.25, -0.2) is 9.78 Å². The molecule has 1 N–H and O–H groups in total. The molecule has 0 atom stereocenters.